The van der Waals surface area contributed by atoms with Gasteiger partial charge in [-0.05, 0) is 17.7 Å². The lowest BCUT2D eigenvalue weighted by Gasteiger charge is -2.12. The van der Waals surface area contributed by atoms with Gasteiger partial charge < -0.3 is 10.1 Å². The zero-order chi connectivity index (χ0) is 11.5. The molecule has 1 aromatic rings. The van der Waals surface area contributed by atoms with E-state index in [0.29, 0.717) is 6.42 Å². The molecular formula is C10H10Cl3NO. The van der Waals surface area contributed by atoms with Crippen LogP contribution in [0.3, 0.4) is 0 Å². The lowest BCUT2D eigenvalue weighted by Crippen LogP contribution is -2.20. The second-order valence-electron chi connectivity index (χ2n) is 3.00. The highest BCUT2D eigenvalue weighted by Gasteiger charge is 2.25. The fourth-order valence-corrected chi connectivity index (χ4v) is 1.25. The van der Waals surface area contributed by atoms with Crippen molar-refractivity contribution in [3.63, 3.8) is 0 Å². The average Bonchev–Trinajstić information content (AvgIpc) is 2.17. The number of hydrogen-bond donors (Lipinski definition) is 1. The second-order valence-corrected chi connectivity index (χ2v) is 5.28. The molecular weight excluding hydrogens is 256 g/mol. The van der Waals surface area contributed by atoms with Crippen molar-refractivity contribution in [2.45, 2.75) is 10.2 Å². The minimum Gasteiger partial charge on any atom is -0.497 e. The molecule has 0 aliphatic carbocycles. The Bertz CT molecular complexity index is 343. The van der Waals surface area contributed by atoms with Gasteiger partial charge in [-0.25, -0.2) is 0 Å². The van der Waals surface area contributed by atoms with Crippen LogP contribution >= 0.6 is 34.8 Å². The lowest BCUT2D eigenvalue weighted by molar-refractivity contribution is 0.414. The standard InChI is InChI=1S/C10H10Cl3NO/c1-15-8-4-2-7(3-5-8)6-9(14)10(11,12)13/h2-5,14H,6H2,1H3. The van der Waals surface area contributed by atoms with E-state index < -0.39 is 3.79 Å². The van der Waals surface area contributed by atoms with Gasteiger partial charge in [-0.3, -0.25) is 0 Å². The van der Waals surface area contributed by atoms with E-state index in [1.165, 1.54) is 0 Å². The zero-order valence-corrected chi connectivity index (χ0v) is 10.3. The highest BCUT2D eigenvalue weighted by Crippen LogP contribution is 2.28. The van der Waals surface area contributed by atoms with Crippen molar-refractivity contribution < 1.29 is 4.74 Å². The monoisotopic (exact) mass is 265 g/mol. The largest absolute Gasteiger partial charge is 0.497 e. The fourth-order valence-electron chi connectivity index (χ4n) is 1.05. The predicted molar refractivity (Wildman–Crippen MR) is 64.7 cm³/mol. The second kappa shape index (κ2) is 5.06. The molecule has 5 heteroatoms. The maximum Gasteiger partial charge on any atom is 0.228 e. The Kier molecular flexibility index (Phi) is 4.26. The summed E-state index contributed by atoms with van der Waals surface area (Å²) in [6, 6.07) is 7.29. The van der Waals surface area contributed by atoms with Crippen LogP contribution in [0, 0.1) is 5.41 Å². The van der Waals surface area contributed by atoms with E-state index in [9.17, 15) is 0 Å². The molecule has 0 heterocycles. The molecule has 0 amide bonds. The molecule has 0 saturated carbocycles. The van der Waals surface area contributed by atoms with Crippen LogP contribution in [0.1, 0.15) is 5.56 Å². The van der Waals surface area contributed by atoms with Crippen LogP contribution in [0.15, 0.2) is 24.3 Å². The van der Waals surface area contributed by atoms with E-state index in [1.807, 2.05) is 12.1 Å². The minimum atomic E-state index is -1.63. The maximum atomic E-state index is 7.55. The summed E-state index contributed by atoms with van der Waals surface area (Å²) in [6.07, 6.45) is 0.320. The van der Waals surface area contributed by atoms with Gasteiger partial charge in [0, 0.05) is 6.42 Å². The molecule has 1 rings (SSSR count). The van der Waals surface area contributed by atoms with Gasteiger partial charge in [0.15, 0.2) is 0 Å². The summed E-state index contributed by atoms with van der Waals surface area (Å²) >= 11 is 16.7. The molecule has 0 aliphatic heterocycles. The number of rotatable bonds is 3. The Morgan fingerprint density at radius 2 is 1.80 bits per heavy atom. The van der Waals surface area contributed by atoms with Crippen LogP contribution in [0.5, 0.6) is 5.75 Å². The van der Waals surface area contributed by atoms with Crippen molar-refractivity contribution in [3.05, 3.63) is 29.8 Å². The van der Waals surface area contributed by atoms with Gasteiger partial charge in [-0.2, -0.15) is 0 Å². The predicted octanol–water partition coefficient (Wildman–Crippen LogP) is 3.63. The Morgan fingerprint density at radius 1 is 1.27 bits per heavy atom. The smallest absolute Gasteiger partial charge is 0.228 e. The Balaban J connectivity index is 2.70. The SMILES string of the molecule is COc1ccc(CC(=N)C(Cl)(Cl)Cl)cc1. The van der Waals surface area contributed by atoms with Crippen LogP contribution < -0.4 is 4.74 Å². The Labute approximate surface area is 104 Å². The van der Waals surface area contributed by atoms with Crippen molar-refractivity contribution >= 4 is 40.5 Å². The third-order valence-electron chi connectivity index (χ3n) is 1.88. The third-order valence-corrected chi connectivity index (χ3v) is 2.57. The van der Waals surface area contributed by atoms with E-state index in [0.717, 1.165) is 11.3 Å². The van der Waals surface area contributed by atoms with Gasteiger partial charge in [-0.15, -0.1) is 0 Å². The summed E-state index contributed by atoms with van der Waals surface area (Å²) < 4.78 is 3.38. The summed E-state index contributed by atoms with van der Waals surface area (Å²) in [4.78, 5) is 0. The average molecular weight is 267 g/mol. The van der Waals surface area contributed by atoms with Gasteiger partial charge in [-0.1, -0.05) is 46.9 Å². The van der Waals surface area contributed by atoms with Crippen molar-refractivity contribution in [1.82, 2.24) is 0 Å². The van der Waals surface area contributed by atoms with Crippen molar-refractivity contribution in [2.75, 3.05) is 7.11 Å². The molecule has 15 heavy (non-hydrogen) atoms. The van der Waals surface area contributed by atoms with E-state index in [-0.39, 0.29) is 5.71 Å². The van der Waals surface area contributed by atoms with Crippen molar-refractivity contribution in [3.8, 4) is 5.75 Å². The number of ether oxygens (including phenoxy) is 1. The first kappa shape index (κ1) is 12.6. The topological polar surface area (TPSA) is 33.1 Å². The number of alkyl halides is 3. The number of halogens is 3. The molecule has 0 aliphatic rings. The van der Waals surface area contributed by atoms with Gasteiger partial charge in [0.2, 0.25) is 3.79 Å². The minimum absolute atomic E-state index is 0.0534. The molecule has 0 unspecified atom stereocenters. The van der Waals surface area contributed by atoms with Crippen molar-refractivity contribution in [2.24, 2.45) is 0 Å². The van der Waals surface area contributed by atoms with Gasteiger partial charge in [0.1, 0.15) is 5.75 Å². The lowest BCUT2D eigenvalue weighted by atomic mass is 10.1. The highest BCUT2D eigenvalue weighted by molar-refractivity contribution is 6.76. The van der Waals surface area contributed by atoms with Crippen LogP contribution in [-0.4, -0.2) is 16.6 Å². The number of hydrogen-bond acceptors (Lipinski definition) is 2. The van der Waals surface area contributed by atoms with Crippen LogP contribution in [0.25, 0.3) is 0 Å². The Hall–Kier alpha value is -0.440. The fraction of sp³-hybridized carbons (Fsp3) is 0.300. The van der Waals surface area contributed by atoms with Gasteiger partial charge in [0.25, 0.3) is 0 Å². The molecule has 0 bridgehead atoms. The van der Waals surface area contributed by atoms with E-state index in [1.54, 1.807) is 19.2 Å². The molecule has 0 saturated heterocycles. The molecule has 82 valence electrons. The number of benzene rings is 1. The zero-order valence-electron chi connectivity index (χ0n) is 8.06. The molecule has 0 aromatic heterocycles. The molecule has 0 atom stereocenters. The molecule has 0 radical (unpaired) electrons. The molecule has 1 N–H and O–H groups in total. The molecule has 0 fully saturated rings. The quantitative estimate of drug-likeness (QED) is 0.658. The summed E-state index contributed by atoms with van der Waals surface area (Å²) in [5.41, 5.74) is 0.963. The van der Waals surface area contributed by atoms with Gasteiger partial charge in [0.05, 0.1) is 12.8 Å². The number of nitrogens with one attached hydrogen (secondary N) is 1. The summed E-state index contributed by atoms with van der Waals surface area (Å²) in [5, 5.41) is 7.55. The number of methoxy groups -OCH3 is 1. The van der Waals surface area contributed by atoms with Crippen LogP contribution in [0.2, 0.25) is 0 Å². The van der Waals surface area contributed by atoms with E-state index in [2.05, 4.69) is 0 Å². The van der Waals surface area contributed by atoms with Gasteiger partial charge >= 0.3 is 0 Å². The first-order chi connectivity index (χ1) is 6.93. The molecule has 2 nitrogen and oxygen atoms in total. The first-order valence-electron chi connectivity index (χ1n) is 4.21. The maximum absolute atomic E-state index is 7.55. The van der Waals surface area contributed by atoms with Crippen molar-refractivity contribution in [1.29, 1.82) is 5.41 Å². The first-order valence-corrected chi connectivity index (χ1v) is 5.34. The van der Waals surface area contributed by atoms with E-state index in [4.69, 9.17) is 44.9 Å². The van der Waals surface area contributed by atoms with Crippen LogP contribution in [0.4, 0.5) is 0 Å². The highest BCUT2D eigenvalue weighted by atomic mass is 35.6. The Morgan fingerprint density at radius 3 is 2.20 bits per heavy atom. The molecule has 0 spiro atoms. The summed E-state index contributed by atoms with van der Waals surface area (Å²) in [6.45, 7) is 0. The third kappa shape index (κ3) is 3.90. The normalized spacial score (nSPS) is 11.2. The molecule has 1 aromatic carbocycles. The van der Waals surface area contributed by atoms with E-state index >= 15 is 0 Å². The van der Waals surface area contributed by atoms with Crippen LogP contribution in [-0.2, 0) is 6.42 Å². The summed E-state index contributed by atoms with van der Waals surface area (Å²) in [7, 11) is 1.60. The summed E-state index contributed by atoms with van der Waals surface area (Å²) in [5.74, 6) is 0.763.